The lowest BCUT2D eigenvalue weighted by Crippen LogP contribution is -2.16. The Labute approximate surface area is 73.8 Å². The molecule has 1 unspecified atom stereocenters. The highest BCUT2D eigenvalue weighted by Gasteiger charge is 2.35. The van der Waals surface area contributed by atoms with Crippen LogP contribution in [0.4, 0.5) is 0 Å². The SMILES string of the molecule is CCCP(=O)(O)[C@@H]1CC[C@H](N)C1. The molecule has 12 heavy (non-hydrogen) atoms. The van der Waals surface area contributed by atoms with E-state index in [4.69, 9.17) is 5.73 Å². The van der Waals surface area contributed by atoms with Crippen LogP contribution in [0.3, 0.4) is 0 Å². The van der Waals surface area contributed by atoms with Crippen LogP contribution in [-0.2, 0) is 4.57 Å². The summed E-state index contributed by atoms with van der Waals surface area (Å²) < 4.78 is 11.7. The first-order chi connectivity index (χ1) is 5.56. The number of hydrogen-bond donors (Lipinski definition) is 2. The van der Waals surface area contributed by atoms with Crippen molar-refractivity contribution >= 4 is 7.37 Å². The van der Waals surface area contributed by atoms with Gasteiger partial charge in [-0.2, -0.15) is 0 Å². The molecule has 4 heteroatoms. The minimum atomic E-state index is -2.86. The highest BCUT2D eigenvalue weighted by Crippen LogP contribution is 2.52. The van der Waals surface area contributed by atoms with Crippen molar-refractivity contribution in [2.75, 3.05) is 6.16 Å². The molecule has 1 aliphatic carbocycles. The first kappa shape index (κ1) is 10.2. The molecule has 0 aromatic carbocycles. The number of rotatable bonds is 3. The van der Waals surface area contributed by atoms with Gasteiger partial charge in [0.1, 0.15) is 0 Å². The van der Waals surface area contributed by atoms with Crippen LogP contribution in [0.2, 0.25) is 0 Å². The molecular formula is C8H18NO2P. The molecule has 0 spiro atoms. The molecule has 0 bridgehead atoms. The van der Waals surface area contributed by atoms with Crippen molar-refractivity contribution in [1.29, 1.82) is 0 Å². The van der Waals surface area contributed by atoms with E-state index >= 15 is 0 Å². The third kappa shape index (κ3) is 2.32. The normalized spacial score (nSPS) is 34.9. The zero-order valence-corrected chi connectivity index (χ0v) is 8.46. The van der Waals surface area contributed by atoms with Crippen LogP contribution in [0.25, 0.3) is 0 Å². The highest BCUT2D eigenvalue weighted by atomic mass is 31.2. The molecule has 0 radical (unpaired) electrons. The van der Waals surface area contributed by atoms with Crippen molar-refractivity contribution in [1.82, 2.24) is 0 Å². The van der Waals surface area contributed by atoms with E-state index in [9.17, 15) is 9.46 Å². The summed E-state index contributed by atoms with van der Waals surface area (Å²) in [4.78, 5) is 9.63. The molecule has 0 aromatic rings. The maximum absolute atomic E-state index is 11.7. The van der Waals surface area contributed by atoms with Crippen molar-refractivity contribution in [2.24, 2.45) is 5.73 Å². The van der Waals surface area contributed by atoms with E-state index in [1.165, 1.54) is 0 Å². The maximum atomic E-state index is 11.7. The Bertz CT molecular complexity index is 195. The van der Waals surface area contributed by atoms with E-state index in [2.05, 4.69) is 0 Å². The third-order valence-electron chi connectivity index (χ3n) is 2.56. The van der Waals surface area contributed by atoms with Gasteiger partial charge in [-0.05, 0) is 25.7 Å². The fraction of sp³-hybridized carbons (Fsp3) is 1.00. The summed E-state index contributed by atoms with van der Waals surface area (Å²) in [6.45, 7) is 1.94. The topological polar surface area (TPSA) is 63.3 Å². The summed E-state index contributed by atoms with van der Waals surface area (Å²) in [6.07, 6.45) is 3.76. The fourth-order valence-electron chi connectivity index (χ4n) is 1.86. The van der Waals surface area contributed by atoms with Crippen LogP contribution in [0.1, 0.15) is 32.6 Å². The smallest absolute Gasteiger partial charge is 0.203 e. The second kappa shape index (κ2) is 3.91. The van der Waals surface area contributed by atoms with E-state index in [1.807, 2.05) is 6.92 Å². The van der Waals surface area contributed by atoms with Gasteiger partial charge in [-0.15, -0.1) is 0 Å². The van der Waals surface area contributed by atoms with Crippen molar-refractivity contribution in [3.8, 4) is 0 Å². The summed E-state index contributed by atoms with van der Waals surface area (Å²) in [6, 6.07) is 0.160. The first-order valence-corrected chi connectivity index (χ1v) is 6.54. The zero-order chi connectivity index (χ0) is 9.19. The molecule has 1 saturated carbocycles. The molecule has 72 valence electrons. The van der Waals surface area contributed by atoms with Crippen molar-refractivity contribution < 1.29 is 9.46 Å². The Morgan fingerprint density at radius 2 is 2.25 bits per heavy atom. The van der Waals surface area contributed by atoms with Crippen LogP contribution in [-0.4, -0.2) is 22.8 Å². The van der Waals surface area contributed by atoms with Gasteiger partial charge in [0, 0.05) is 17.9 Å². The van der Waals surface area contributed by atoms with Gasteiger partial charge in [-0.3, -0.25) is 4.57 Å². The molecule has 0 heterocycles. The van der Waals surface area contributed by atoms with Crippen molar-refractivity contribution in [2.45, 2.75) is 44.3 Å². The lowest BCUT2D eigenvalue weighted by atomic mass is 10.3. The second-order valence-corrected chi connectivity index (χ2v) is 6.39. The summed E-state index contributed by atoms with van der Waals surface area (Å²) >= 11 is 0. The van der Waals surface area contributed by atoms with Gasteiger partial charge >= 0.3 is 0 Å². The molecule has 0 amide bonds. The minimum absolute atomic E-state index is 0.00699. The second-order valence-electron chi connectivity index (χ2n) is 3.71. The van der Waals surface area contributed by atoms with Gasteiger partial charge in [-0.1, -0.05) is 6.92 Å². The van der Waals surface area contributed by atoms with E-state index < -0.39 is 7.37 Å². The predicted octanol–water partition coefficient (Wildman–Crippen LogP) is 1.55. The van der Waals surface area contributed by atoms with Gasteiger partial charge in [0.05, 0.1) is 0 Å². The maximum Gasteiger partial charge on any atom is 0.203 e. The standard InChI is InChI=1S/C8H18NO2P/c1-2-5-12(10,11)8-4-3-7(9)6-8/h7-8H,2-6,9H2,1H3,(H,10,11)/t7-,8+/m0/s1. The Hall–Kier alpha value is 0.150. The van der Waals surface area contributed by atoms with Gasteiger partial charge < -0.3 is 10.6 Å². The Morgan fingerprint density at radius 3 is 2.67 bits per heavy atom. The molecule has 1 aliphatic rings. The Kier molecular flexibility index (Phi) is 3.33. The third-order valence-corrected chi connectivity index (χ3v) is 5.26. The fourth-order valence-corrected chi connectivity index (χ4v) is 4.02. The molecule has 3 nitrogen and oxygen atoms in total. The van der Waals surface area contributed by atoms with Crippen LogP contribution < -0.4 is 5.73 Å². The van der Waals surface area contributed by atoms with Crippen LogP contribution in [0.15, 0.2) is 0 Å². The first-order valence-electron chi connectivity index (χ1n) is 4.63. The van der Waals surface area contributed by atoms with Gasteiger partial charge in [0.15, 0.2) is 0 Å². The van der Waals surface area contributed by atoms with Crippen molar-refractivity contribution in [3.05, 3.63) is 0 Å². The molecular weight excluding hydrogens is 173 g/mol. The lowest BCUT2D eigenvalue weighted by molar-refractivity contribution is 0.460. The quantitative estimate of drug-likeness (QED) is 0.665. The molecule has 3 N–H and O–H groups in total. The highest BCUT2D eigenvalue weighted by molar-refractivity contribution is 7.58. The van der Waals surface area contributed by atoms with E-state index in [1.54, 1.807) is 0 Å². The zero-order valence-electron chi connectivity index (χ0n) is 7.57. The number of nitrogens with two attached hydrogens (primary N) is 1. The summed E-state index contributed by atoms with van der Waals surface area (Å²) in [5.41, 5.74) is 5.68. The molecule has 0 aromatic heterocycles. The molecule has 0 saturated heterocycles. The molecule has 1 fully saturated rings. The Morgan fingerprint density at radius 1 is 1.58 bits per heavy atom. The van der Waals surface area contributed by atoms with Crippen LogP contribution in [0, 0.1) is 0 Å². The average Bonchev–Trinajstić information content (AvgIpc) is 2.36. The van der Waals surface area contributed by atoms with E-state index in [0.29, 0.717) is 6.16 Å². The van der Waals surface area contributed by atoms with E-state index in [0.717, 1.165) is 25.7 Å². The van der Waals surface area contributed by atoms with Crippen LogP contribution >= 0.6 is 7.37 Å². The average molecular weight is 191 g/mol. The van der Waals surface area contributed by atoms with E-state index in [-0.39, 0.29) is 11.7 Å². The van der Waals surface area contributed by atoms with Crippen LogP contribution in [0.5, 0.6) is 0 Å². The monoisotopic (exact) mass is 191 g/mol. The largest absolute Gasteiger partial charge is 0.344 e. The summed E-state index contributed by atoms with van der Waals surface area (Å²) in [5.74, 6) is 0. The molecule has 3 atom stereocenters. The van der Waals surface area contributed by atoms with Gasteiger partial charge in [0.2, 0.25) is 7.37 Å². The Balaban J connectivity index is 2.51. The lowest BCUT2D eigenvalue weighted by Gasteiger charge is -2.17. The molecule has 1 rings (SSSR count). The predicted molar refractivity (Wildman–Crippen MR) is 50.6 cm³/mol. The van der Waals surface area contributed by atoms with Crippen molar-refractivity contribution in [3.63, 3.8) is 0 Å². The van der Waals surface area contributed by atoms with Gasteiger partial charge in [0.25, 0.3) is 0 Å². The number of hydrogen-bond acceptors (Lipinski definition) is 2. The summed E-state index contributed by atoms with van der Waals surface area (Å²) in [5, 5.41) is 0. The van der Waals surface area contributed by atoms with Gasteiger partial charge in [-0.25, -0.2) is 0 Å². The molecule has 0 aliphatic heterocycles. The summed E-state index contributed by atoms with van der Waals surface area (Å²) in [7, 11) is -2.86. The minimum Gasteiger partial charge on any atom is -0.344 e.